The van der Waals surface area contributed by atoms with Gasteiger partial charge in [0, 0.05) is 13.1 Å². The van der Waals surface area contributed by atoms with Gasteiger partial charge >= 0.3 is 0 Å². The number of hydrogen-bond donors (Lipinski definition) is 2. The van der Waals surface area contributed by atoms with Gasteiger partial charge in [0.25, 0.3) is 0 Å². The first-order chi connectivity index (χ1) is 10.6. The van der Waals surface area contributed by atoms with Crippen LogP contribution in [0.2, 0.25) is 0 Å². The SMILES string of the molecule is C[C@@]1(O)CCN(C2COC2)C[C@H]1n1cnc2c(N)ncnc21. The van der Waals surface area contributed by atoms with E-state index in [-0.39, 0.29) is 6.04 Å². The number of likely N-dealkylation sites (tertiary alicyclic amines) is 1. The number of anilines is 1. The molecule has 22 heavy (non-hydrogen) atoms. The number of hydrogen-bond acceptors (Lipinski definition) is 7. The van der Waals surface area contributed by atoms with Gasteiger partial charge in [0.05, 0.1) is 37.2 Å². The molecule has 0 bridgehead atoms. The molecule has 2 atom stereocenters. The maximum absolute atomic E-state index is 10.8. The number of nitrogens with zero attached hydrogens (tertiary/aromatic N) is 5. The molecule has 2 aromatic rings. The van der Waals surface area contributed by atoms with Crippen LogP contribution in [0.3, 0.4) is 0 Å². The van der Waals surface area contributed by atoms with Crippen molar-refractivity contribution in [3.8, 4) is 0 Å². The number of ether oxygens (including phenoxy) is 1. The van der Waals surface area contributed by atoms with E-state index < -0.39 is 5.60 Å². The second-order valence-corrected chi connectivity index (χ2v) is 6.39. The standard InChI is InChI=1S/C14H20N6O2/c1-14(21)2-3-19(9-5-22-6-9)4-10(14)20-8-18-11-12(15)16-7-17-13(11)20/h7-10,21H,2-6H2,1H3,(H2,15,16,17)/t10-,14-/m1/s1. The maximum atomic E-state index is 10.8. The van der Waals surface area contributed by atoms with E-state index in [1.807, 2.05) is 11.5 Å². The van der Waals surface area contributed by atoms with E-state index in [0.29, 0.717) is 29.4 Å². The largest absolute Gasteiger partial charge is 0.388 e. The second kappa shape index (κ2) is 4.87. The zero-order chi connectivity index (χ0) is 15.3. The van der Waals surface area contributed by atoms with Crippen molar-refractivity contribution < 1.29 is 9.84 Å². The van der Waals surface area contributed by atoms with E-state index in [4.69, 9.17) is 10.5 Å². The van der Waals surface area contributed by atoms with E-state index in [9.17, 15) is 5.11 Å². The molecule has 4 rings (SSSR count). The minimum Gasteiger partial charge on any atom is -0.388 e. The van der Waals surface area contributed by atoms with Gasteiger partial charge < -0.3 is 20.1 Å². The van der Waals surface area contributed by atoms with Crippen molar-refractivity contribution in [2.45, 2.75) is 31.0 Å². The van der Waals surface area contributed by atoms with Gasteiger partial charge in [-0.15, -0.1) is 0 Å². The lowest BCUT2D eigenvalue weighted by atomic mass is 9.87. The molecule has 0 aliphatic carbocycles. The molecule has 2 aliphatic heterocycles. The summed E-state index contributed by atoms with van der Waals surface area (Å²) in [6.45, 7) is 5.05. The van der Waals surface area contributed by atoms with Gasteiger partial charge in [0.15, 0.2) is 11.5 Å². The average molecular weight is 304 g/mol. The summed E-state index contributed by atoms with van der Waals surface area (Å²) in [5.41, 5.74) is 6.30. The molecule has 0 amide bonds. The summed E-state index contributed by atoms with van der Waals surface area (Å²) in [5.74, 6) is 0.364. The highest BCUT2D eigenvalue weighted by Crippen LogP contribution is 2.35. The van der Waals surface area contributed by atoms with Crippen molar-refractivity contribution in [2.24, 2.45) is 0 Å². The van der Waals surface area contributed by atoms with Crippen molar-refractivity contribution in [3.63, 3.8) is 0 Å². The second-order valence-electron chi connectivity index (χ2n) is 6.39. The van der Waals surface area contributed by atoms with Crippen LogP contribution in [0.25, 0.3) is 11.2 Å². The Morgan fingerprint density at radius 2 is 2.18 bits per heavy atom. The highest BCUT2D eigenvalue weighted by atomic mass is 16.5. The molecule has 0 unspecified atom stereocenters. The van der Waals surface area contributed by atoms with Gasteiger partial charge in [0.2, 0.25) is 0 Å². The van der Waals surface area contributed by atoms with Crippen molar-refractivity contribution >= 4 is 17.0 Å². The number of aromatic nitrogens is 4. The Balaban J connectivity index is 1.71. The molecule has 2 fully saturated rings. The van der Waals surface area contributed by atoms with Gasteiger partial charge in [0.1, 0.15) is 11.8 Å². The fourth-order valence-corrected chi connectivity index (χ4v) is 3.30. The van der Waals surface area contributed by atoms with Crippen LogP contribution in [0.5, 0.6) is 0 Å². The Morgan fingerprint density at radius 3 is 2.91 bits per heavy atom. The van der Waals surface area contributed by atoms with Crippen LogP contribution in [0.1, 0.15) is 19.4 Å². The third kappa shape index (κ3) is 2.06. The zero-order valence-corrected chi connectivity index (χ0v) is 12.5. The maximum Gasteiger partial charge on any atom is 0.165 e. The summed E-state index contributed by atoms with van der Waals surface area (Å²) >= 11 is 0. The predicted molar refractivity (Wildman–Crippen MR) is 80.2 cm³/mol. The zero-order valence-electron chi connectivity index (χ0n) is 12.5. The molecule has 0 radical (unpaired) electrons. The number of imidazole rings is 1. The summed E-state index contributed by atoms with van der Waals surface area (Å²) < 4.78 is 7.22. The monoisotopic (exact) mass is 304 g/mol. The van der Waals surface area contributed by atoms with Crippen LogP contribution in [-0.4, -0.2) is 67.5 Å². The normalized spacial score (nSPS) is 30.5. The number of piperidine rings is 1. The Kier molecular flexibility index (Phi) is 3.07. The van der Waals surface area contributed by atoms with Gasteiger partial charge in [-0.2, -0.15) is 0 Å². The molecular weight excluding hydrogens is 284 g/mol. The minimum absolute atomic E-state index is 0.124. The minimum atomic E-state index is -0.811. The molecule has 0 spiro atoms. The van der Waals surface area contributed by atoms with E-state index >= 15 is 0 Å². The van der Waals surface area contributed by atoms with Crippen LogP contribution < -0.4 is 5.73 Å². The highest BCUT2D eigenvalue weighted by Gasteiger charge is 2.42. The summed E-state index contributed by atoms with van der Waals surface area (Å²) in [6, 6.07) is 0.328. The highest BCUT2D eigenvalue weighted by molar-refractivity contribution is 5.81. The molecule has 4 heterocycles. The summed E-state index contributed by atoms with van der Waals surface area (Å²) in [7, 11) is 0. The molecule has 118 valence electrons. The lowest BCUT2D eigenvalue weighted by Gasteiger charge is -2.47. The smallest absolute Gasteiger partial charge is 0.165 e. The first-order valence-electron chi connectivity index (χ1n) is 7.53. The van der Waals surface area contributed by atoms with Crippen molar-refractivity contribution in [2.75, 3.05) is 32.0 Å². The molecule has 8 nitrogen and oxygen atoms in total. The van der Waals surface area contributed by atoms with Crippen LogP contribution in [0.4, 0.5) is 5.82 Å². The van der Waals surface area contributed by atoms with Gasteiger partial charge in [-0.1, -0.05) is 0 Å². The molecule has 0 saturated carbocycles. The number of aliphatic hydroxyl groups is 1. The summed E-state index contributed by atoms with van der Waals surface area (Å²) in [5, 5.41) is 10.8. The number of fused-ring (bicyclic) bond motifs is 1. The third-order valence-electron chi connectivity index (χ3n) is 4.89. The first-order valence-corrected chi connectivity index (χ1v) is 7.53. The quantitative estimate of drug-likeness (QED) is 0.792. The summed E-state index contributed by atoms with van der Waals surface area (Å²) in [4.78, 5) is 15.0. The molecule has 3 N–H and O–H groups in total. The van der Waals surface area contributed by atoms with Crippen LogP contribution in [0, 0.1) is 0 Å². The van der Waals surface area contributed by atoms with Crippen molar-refractivity contribution in [1.29, 1.82) is 0 Å². The Labute approximate surface area is 127 Å². The van der Waals surface area contributed by atoms with E-state index in [1.54, 1.807) is 6.33 Å². The third-order valence-corrected chi connectivity index (χ3v) is 4.89. The van der Waals surface area contributed by atoms with Crippen molar-refractivity contribution in [1.82, 2.24) is 24.4 Å². The van der Waals surface area contributed by atoms with Crippen LogP contribution >= 0.6 is 0 Å². The molecule has 2 aromatic heterocycles. The topological polar surface area (TPSA) is 102 Å². The average Bonchev–Trinajstić information content (AvgIpc) is 2.84. The summed E-state index contributed by atoms with van der Waals surface area (Å²) in [6.07, 6.45) is 3.84. The molecule has 2 saturated heterocycles. The van der Waals surface area contributed by atoms with E-state index in [0.717, 1.165) is 26.3 Å². The number of nitrogens with two attached hydrogens (primary N) is 1. The van der Waals surface area contributed by atoms with Crippen molar-refractivity contribution in [3.05, 3.63) is 12.7 Å². The Hall–Kier alpha value is -1.77. The first kappa shape index (κ1) is 13.9. The van der Waals surface area contributed by atoms with E-state index in [1.165, 1.54) is 6.33 Å². The van der Waals surface area contributed by atoms with Crippen LogP contribution in [0.15, 0.2) is 12.7 Å². The Bertz CT molecular complexity index is 696. The Morgan fingerprint density at radius 1 is 1.36 bits per heavy atom. The van der Waals surface area contributed by atoms with Gasteiger partial charge in [-0.05, 0) is 13.3 Å². The number of nitrogen functional groups attached to an aromatic ring is 1. The molecule has 0 aromatic carbocycles. The number of rotatable bonds is 2. The lowest BCUT2D eigenvalue weighted by molar-refractivity contribution is -0.113. The lowest BCUT2D eigenvalue weighted by Crippen LogP contribution is -2.58. The molecule has 2 aliphatic rings. The predicted octanol–water partition coefficient (Wildman–Crippen LogP) is -0.195. The van der Waals surface area contributed by atoms with Gasteiger partial charge in [-0.3, -0.25) is 4.90 Å². The molecule has 8 heteroatoms. The van der Waals surface area contributed by atoms with Crippen LogP contribution in [-0.2, 0) is 4.74 Å². The van der Waals surface area contributed by atoms with E-state index in [2.05, 4.69) is 19.9 Å². The fourth-order valence-electron chi connectivity index (χ4n) is 3.30. The van der Waals surface area contributed by atoms with Gasteiger partial charge in [-0.25, -0.2) is 15.0 Å². The molecular formula is C14H20N6O2. The fraction of sp³-hybridized carbons (Fsp3) is 0.643.